The molecule has 0 spiro atoms. The van der Waals surface area contributed by atoms with Crippen molar-refractivity contribution in [1.82, 2.24) is 0 Å². The zero-order chi connectivity index (χ0) is 59.0. The first-order chi connectivity index (χ1) is 42.2. The fourth-order valence-electron chi connectivity index (χ4n) is 9.54. The Morgan fingerprint density at radius 2 is 0.547 bits per heavy atom. The monoisotopic (exact) mass is 1210 g/mol. The molecule has 0 radical (unpaired) electrons. The van der Waals surface area contributed by atoms with E-state index in [9.17, 15) is 0 Å². The van der Waals surface area contributed by atoms with E-state index < -0.39 is 7.92 Å². The molecule has 0 aliphatic heterocycles. The van der Waals surface area contributed by atoms with E-state index >= 15 is 0 Å². The standard InChI is InChI=1S/C27H31N3O3S.C27H33NO3S.C18H15P.CH4/c28-30-29-16-17-31-18-19-32-20-21-33-22-23-34-27(24-10-4-1-5-11-24,25-12-6-2-7-13-25)26-14-8-3-9-15-26;28-16-17-29-18-19-30-20-21-31-22-23-32-27(24-10-4-1-5-11-24,25-12-6-2-7-13-25)26-14-8-3-9-15-26;1-4-10-16(11-5-1)19(17-12-6-2-7-13-17)18-14-8-3-9-15-18;/h1-15H,16-23H2;1-15H,16-23,28H2;1-15H;1H4. The van der Waals surface area contributed by atoms with Crippen LogP contribution in [-0.2, 0) is 37.9 Å². The maximum absolute atomic E-state index is 8.21. The van der Waals surface area contributed by atoms with Gasteiger partial charge in [0, 0.05) is 29.5 Å². The first-order valence-electron chi connectivity index (χ1n) is 28.9. The van der Waals surface area contributed by atoms with Gasteiger partial charge in [0.15, 0.2) is 0 Å². The third-order valence-corrected chi connectivity index (χ3v) is 18.8. The molecule has 0 amide bonds. The first-order valence-corrected chi connectivity index (χ1v) is 32.3. The van der Waals surface area contributed by atoms with Gasteiger partial charge in [0.2, 0.25) is 0 Å². The summed E-state index contributed by atoms with van der Waals surface area (Å²) < 4.78 is 32.8. The number of rotatable bonds is 34. The average molecular weight is 1210 g/mol. The van der Waals surface area contributed by atoms with Crippen LogP contribution in [0.2, 0.25) is 0 Å². The molecule has 9 aromatic rings. The van der Waals surface area contributed by atoms with Crippen LogP contribution < -0.4 is 21.6 Å². The highest BCUT2D eigenvalue weighted by Gasteiger charge is 2.38. The lowest BCUT2D eigenvalue weighted by atomic mass is 9.84. The van der Waals surface area contributed by atoms with Gasteiger partial charge in [0.05, 0.1) is 88.8 Å². The van der Waals surface area contributed by atoms with E-state index in [1.54, 1.807) is 0 Å². The largest absolute Gasteiger partial charge is 0.379 e. The zero-order valence-electron chi connectivity index (χ0n) is 48.4. The highest BCUT2D eigenvalue weighted by molar-refractivity contribution is 8.00. The number of thioether (sulfide) groups is 2. The van der Waals surface area contributed by atoms with Crippen molar-refractivity contribution in [1.29, 1.82) is 0 Å². The highest BCUT2D eigenvalue weighted by Crippen LogP contribution is 2.49. The second-order valence-corrected chi connectivity index (χ2v) is 23.9. The van der Waals surface area contributed by atoms with Crippen LogP contribution in [0.25, 0.3) is 10.4 Å². The summed E-state index contributed by atoms with van der Waals surface area (Å²) in [5, 5.41) is 7.61. The Hall–Kier alpha value is -6.86. The minimum atomic E-state index is -0.446. The molecule has 86 heavy (non-hydrogen) atoms. The van der Waals surface area contributed by atoms with Crippen molar-refractivity contribution in [2.75, 3.05) is 104 Å². The third kappa shape index (κ3) is 21.8. The lowest BCUT2D eigenvalue weighted by molar-refractivity contribution is 0.0189. The van der Waals surface area contributed by atoms with Crippen LogP contribution in [0.3, 0.4) is 0 Å². The molecular formula is C73H83N4O6PS2. The molecule has 448 valence electrons. The van der Waals surface area contributed by atoms with Crippen molar-refractivity contribution in [3.05, 3.63) is 317 Å². The summed E-state index contributed by atoms with van der Waals surface area (Å²) in [6, 6.07) is 96.5. The summed E-state index contributed by atoms with van der Waals surface area (Å²) in [6.07, 6.45) is 0. The van der Waals surface area contributed by atoms with Gasteiger partial charge in [-0.05, 0) is 62.7 Å². The molecule has 0 fully saturated rings. The van der Waals surface area contributed by atoms with Crippen molar-refractivity contribution in [2.45, 2.75) is 16.9 Å². The molecule has 0 aromatic heterocycles. The molecule has 0 atom stereocenters. The number of hydrogen-bond donors (Lipinski definition) is 1. The Morgan fingerprint density at radius 1 is 0.326 bits per heavy atom. The maximum Gasteiger partial charge on any atom is 0.0907 e. The van der Waals surface area contributed by atoms with Gasteiger partial charge in [-0.25, -0.2) is 0 Å². The van der Waals surface area contributed by atoms with E-state index in [0.29, 0.717) is 92.4 Å². The summed E-state index contributed by atoms with van der Waals surface area (Å²) in [5.74, 6) is 1.69. The van der Waals surface area contributed by atoms with Gasteiger partial charge < -0.3 is 34.2 Å². The number of nitrogens with two attached hydrogens (primary N) is 1. The third-order valence-electron chi connectivity index (χ3n) is 13.4. The lowest BCUT2D eigenvalue weighted by Gasteiger charge is -2.35. The van der Waals surface area contributed by atoms with E-state index in [-0.39, 0.29) is 16.9 Å². The van der Waals surface area contributed by atoms with E-state index in [2.05, 4.69) is 283 Å². The number of ether oxygens (including phenoxy) is 6. The van der Waals surface area contributed by atoms with E-state index in [1.165, 1.54) is 49.3 Å². The molecule has 0 unspecified atom stereocenters. The topological polar surface area (TPSA) is 130 Å². The second-order valence-electron chi connectivity index (χ2n) is 19.0. The Labute approximate surface area is 521 Å². The van der Waals surface area contributed by atoms with E-state index in [1.807, 2.05) is 23.5 Å². The minimum Gasteiger partial charge on any atom is -0.379 e. The number of benzene rings is 9. The van der Waals surface area contributed by atoms with Crippen molar-refractivity contribution in [2.24, 2.45) is 10.8 Å². The van der Waals surface area contributed by atoms with Crippen molar-refractivity contribution in [3.63, 3.8) is 0 Å². The smallest absolute Gasteiger partial charge is 0.0907 e. The van der Waals surface area contributed by atoms with Crippen LogP contribution in [0.1, 0.15) is 40.8 Å². The van der Waals surface area contributed by atoms with Crippen molar-refractivity contribution in [3.8, 4) is 0 Å². The SMILES string of the molecule is C.NCCOCCOCCOCCSC(c1ccccc1)(c1ccccc1)c1ccccc1.[N-]=[N+]=NCCOCCOCCOCCSC(c1ccccc1)(c1ccccc1)c1ccccc1.c1ccc(P(c2ccccc2)c2ccccc2)cc1. The van der Waals surface area contributed by atoms with Crippen molar-refractivity contribution >= 4 is 47.4 Å². The number of hydrogen-bond acceptors (Lipinski definition) is 10. The molecule has 0 saturated carbocycles. The molecule has 0 aliphatic rings. The van der Waals surface area contributed by atoms with Gasteiger partial charge in [-0.3, -0.25) is 0 Å². The molecule has 0 aliphatic carbocycles. The molecule has 2 N–H and O–H groups in total. The minimum absolute atomic E-state index is 0. The maximum atomic E-state index is 8.21. The molecule has 0 bridgehead atoms. The predicted molar refractivity (Wildman–Crippen MR) is 363 cm³/mol. The summed E-state index contributed by atoms with van der Waals surface area (Å²) >= 11 is 3.80. The van der Waals surface area contributed by atoms with Crippen LogP contribution in [0.4, 0.5) is 0 Å². The van der Waals surface area contributed by atoms with Crippen LogP contribution >= 0.6 is 31.4 Å². The zero-order valence-corrected chi connectivity index (χ0v) is 51.0. The summed E-state index contributed by atoms with van der Waals surface area (Å²) in [4.78, 5) is 2.68. The molecule has 0 saturated heterocycles. The Balaban J connectivity index is 0.000000213. The number of nitrogens with zero attached hydrogens (tertiary/aromatic N) is 3. The van der Waals surface area contributed by atoms with Crippen LogP contribution in [0.15, 0.2) is 278 Å². The van der Waals surface area contributed by atoms with Gasteiger partial charge >= 0.3 is 0 Å². The summed E-state index contributed by atoms with van der Waals surface area (Å²) in [7, 11) is -0.446. The Kier molecular flexibility index (Phi) is 32.8. The molecule has 9 rings (SSSR count). The van der Waals surface area contributed by atoms with Crippen LogP contribution in [0, 0.1) is 0 Å². The predicted octanol–water partition coefficient (Wildman–Crippen LogP) is 14.9. The summed E-state index contributed by atoms with van der Waals surface area (Å²) in [5.41, 5.74) is 21.2. The van der Waals surface area contributed by atoms with Gasteiger partial charge in [0.25, 0.3) is 0 Å². The average Bonchev–Trinajstić information content (AvgIpc) is 3.15. The molecular weight excluding hydrogens is 1120 g/mol. The van der Waals surface area contributed by atoms with Crippen molar-refractivity contribution < 1.29 is 28.4 Å². The van der Waals surface area contributed by atoms with E-state index in [0.717, 1.165) is 11.5 Å². The summed E-state index contributed by atoms with van der Waals surface area (Å²) in [6.45, 7) is 7.46. The normalized spacial score (nSPS) is 11.0. The molecule has 10 nitrogen and oxygen atoms in total. The molecule has 13 heteroatoms. The van der Waals surface area contributed by atoms with Crippen LogP contribution in [0.5, 0.6) is 0 Å². The van der Waals surface area contributed by atoms with Gasteiger partial charge in [-0.1, -0.05) is 286 Å². The van der Waals surface area contributed by atoms with E-state index in [4.69, 9.17) is 39.7 Å². The molecule has 0 heterocycles. The molecule has 9 aromatic carbocycles. The Bertz CT molecular complexity index is 2860. The van der Waals surface area contributed by atoms with Gasteiger partial charge in [-0.15, -0.1) is 23.5 Å². The van der Waals surface area contributed by atoms with Crippen LogP contribution in [-0.4, -0.2) is 104 Å². The van der Waals surface area contributed by atoms with Gasteiger partial charge in [0.1, 0.15) is 0 Å². The highest BCUT2D eigenvalue weighted by atomic mass is 32.2. The first kappa shape index (κ1) is 68.3. The fourth-order valence-corrected chi connectivity index (χ4v) is 14.7. The quantitative estimate of drug-likeness (QED) is 0.0105. The number of azide groups is 1. The van der Waals surface area contributed by atoms with Gasteiger partial charge in [-0.2, -0.15) is 0 Å². The second kappa shape index (κ2) is 41.3. The lowest BCUT2D eigenvalue weighted by Crippen LogP contribution is -2.26. The fraction of sp³-hybridized carbons (Fsp3) is 0.260. The Morgan fingerprint density at radius 3 is 0.791 bits per heavy atom.